The van der Waals surface area contributed by atoms with Gasteiger partial charge in [-0.15, -0.1) is 4.40 Å². The van der Waals surface area contributed by atoms with Crippen LogP contribution in [0.15, 0.2) is 16.7 Å². The fourth-order valence-corrected chi connectivity index (χ4v) is 2.46. The van der Waals surface area contributed by atoms with Crippen LogP contribution in [0.25, 0.3) is 0 Å². The summed E-state index contributed by atoms with van der Waals surface area (Å²) >= 11 is 0. The van der Waals surface area contributed by atoms with E-state index in [4.69, 9.17) is 4.74 Å². The van der Waals surface area contributed by atoms with E-state index < -0.39 is 22.0 Å². The summed E-state index contributed by atoms with van der Waals surface area (Å²) in [6, 6.07) is 0. The van der Waals surface area contributed by atoms with Crippen molar-refractivity contribution in [3.8, 4) is 0 Å². The fourth-order valence-electron chi connectivity index (χ4n) is 1.93. The minimum atomic E-state index is -3.59. The lowest BCUT2D eigenvalue weighted by Gasteiger charge is -2.30. The zero-order valence-electron chi connectivity index (χ0n) is 11.7. The van der Waals surface area contributed by atoms with E-state index in [2.05, 4.69) is 9.71 Å². The fraction of sp³-hybridized carbons (Fsp3) is 0.667. The van der Waals surface area contributed by atoms with Crippen molar-refractivity contribution < 1.29 is 17.9 Å². The van der Waals surface area contributed by atoms with Gasteiger partial charge in [0.05, 0.1) is 18.5 Å². The van der Waals surface area contributed by atoms with Crippen LogP contribution in [0, 0.1) is 5.92 Å². The number of nitrogens with one attached hydrogen (secondary N) is 1. The number of hydrogen-bond acceptors (Lipinski definition) is 4. The summed E-state index contributed by atoms with van der Waals surface area (Å²) in [5.41, 5.74) is 0. The van der Waals surface area contributed by atoms with Crippen LogP contribution < -0.4 is 5.32 Å². The van der Waals surface area contributed by atoms with Crippen LogP contribution in [0.4, 0.5) is 0 Å². The van der Waals surface area contributed by atoms with Crippen LogP contribution in [-0.4, -0.2) is 57.6 Å². The maximum Gasteiger partial charge on any atom is 0.251 e. The number of carbonyl (C=O) groups excluding carboxylic acids is 1. The minimum Gasteiger partial charge on any atom is -0.370 e. The molecule has 1 aliphatic heterocycles. The molecule has 0 aromatic carbocycles. The number of hydrogen-bond donors (Lipinski definition) is 1. The second-order valence-corrected chi connectivity index (χ2v) is 6.87. The van der Waals surface area contributed by atoms with Crippen LogP contribution in [0.5, 0.6) is 0 Å². The SMILES string of the molecule is CN(C)C(=O)C1C(=NS(C)(=O)=O)NC=CC1OC1CC1. The second kappa shape index (κ2) is 5.53. The number of nitrogens with zero attached hydrogens (tertiary/aromatic N) is 2. The van der Waals surface area contributed by atoms with Crippen LogP contribution in [0.1, 0.15) is 12.8 Å². The molecule has 1 aliphatic carbocycles. The molecule has 0 bridgehead atoms. The van der Waals surface area contributed by atoms with Gasteiger partial charge in [-0.2, -0.15) is 0 Å². The average molecular weight is 301 g/mol. The highest BCUT2D eigenvalue weighted by molar-refractivity contribution is 7.89. The summed E-state index contributed by atoms with van der Waals surface area (Å²) in [5.74, 6) is -0.889. The van der Waals surface area contributed by atoms with Crippen molar-refractivity contribution in [1.82, 2.24) is 10.2 Å². The van der Waals surface area contributed by atoms with Gasteiger partial charge in [0.2, 0.25) is 5.91 Å². The number of sulfonamides is 1. The molecule has 0 saturated heterocycles. The topological polar surface area (TPSA) is 88.1 Å². The quantitative estimate of drug-likeness (QED) is 0.771. The molecule has 1 saturated carbocycles. The Balaban J connectivity index is 2.32. The van der Waals surface area contributed by atoms with Gasteiger partial charge in [0.25, 0.3) is 10.0 Å². The van der Waals surface area contributed by atoms with Crippen LogP contribution in [-0.2, 0) is 19.6 Å². The van der Waals surface area contributed by atoms with E-state index in [-0.39, 0.29) is 17.8 Å². The average Bonchev–Trinajstić information content (AvgIpc) is 3.10. The van der Waals surface area contributed by atoms with E-state index in [9.17, 15) is 13.2 Å². The zero-order chi connectivity index (χ0) is 14.9. The lowest BCUT2D eigenvalue weighted by Crippen LogP contribution is -2.49. The third kappa shape index (κ3) is 3.80. The van der Waals surface area contributed by atoms with E-state index in [0.717, 1.165) is 19.1 Å². The van der Waals surface area contributed by atoms with E-state index in [1.807, 2.05) is 0 Å². The summed E-state index contributed by atoms with van der Waals surface area (Å²) in [5, 5.41) is 2.75. The summed E-state index contributed by atoms with van der Waals surface area (Å²) in [7, 11) is -0.351. The van der Waals surface area contributed by atoms with Gasteiger partial charge in [-0.1, -0.05) is 0 Å². The molecule has 0 radical (unpaired) electrons. The highest BCUT2D eigenvalue weighted by Crippen LogP contribution is 2.29. The molecule has 8 heteroatoms. The van der Waals surface area contributed by atoms with Gasteiger partial charge in [0, 0.05) is 20.3 Å². The van der Waals surface area contributed by atoms with Gasteiger partial charge in [0.15, 0.2) is 0 Å². The normalized spacial score (nSPS) is 28.2. The van der Waals surface area contributed by atoms with Crippen molar-refractivity contribution in [2.75, 3.05) is 20.4 Å². The molecular weight excluding hydrogens is 282 g/mol. The summed E-state index contributed by atoms with van der Waals surface area (Å²) in [6.45, 7) is 0. The lowest BCUT2D eigenvalue weighted by molar-refractivity contribution is -0.134. The summed E-state index contributed by atoms with van der Waals surface area (Å²) in [6.07, 6.45) is 5.90. The highest BCUT2D eigenvalue weighted by atomic mass is 32.2. The first-order chi connectivity index (χ1) is 9.28. The largest absolute Gasteiger partial charge is 0.370 e. The lowest BCUT2D eigenvalue weighted by atomic mass is 9.96. The molecule has 112 valence electrons. The number of amidine groups is 1. The van der Waals surface area contributed by atoms with Gasteiger partial charge in [-0.05, 0) is 18.9 Å². The Morgan fingerprint density at radius 3 is 2.60 bits per heavy atom. The van der Waals surface area contributed by atoms with Crippen molar-refractivity contribution in [3.63, 3.8) is 0 Å². The van der Waals surface area contributed by atoms with Gasteiger partial charge in [-0.25, -0.2) is 8.42 Å². The summed E-state index contributed by atoms with van der Waals surface area (Å²) < 4.78 is 32.1. The van der Waals surface area contributed by atoms with Gasteiger partial charge in [0.1, 0.15) is 11.8 Å². The van der Waals surface area contributed by atoms with Crippen molar-refractivity contribution in [2.24, 2.45) is 10.3 Å². The maximum absolute atomic E-state index is 12.3. The van der Waals surface area contributed by atoms with Crippen molar-refractivity contribution >= 4 is 21.8 Å². The minimum absolute atomic E-state index is 0.111. The van der Waals surface area contributed by atoms with Crippen molar-refractivity contribution in [3.05, 3.63) is 12.3 Å². The van der Waals surface area contributed by atoms with E-state index in [0.29, 0.717) is 0 Å². The molecule has 7 nitrogen and oxygen atoms in total. The molecule has 1 fully saturated rings. The molecule has 1 heterocycles. The molecule has 2 unspecified atom stereocenters. The second-order valence-electron chi connectivity index (χ2n) is 5.22. The van der Waals surface area contributed by atoms with Crippen LogP contribution in [0.3, 0.4) is 0 Å². The highest BCUT2D eigenvalue weighted by Gasteiger charge is 2.39. The first kappa shape index (κ1) is 15.0. The Kier molecular flexibility index (Phi) is 4.14. The Hall–Kier alpha value is -1.41. The van der Waals surface area contributed by atoms with Gasteiger partial charge >= 0.3 is 0 Å². The third-order valence-electron chi connectivity index (χ3n) is 2.99. The standard InChI is InChI=1S/C12H19N3O4S/c1-15(2)12(16)10-9(19-8-4-5-8)6-7-13-11(10)14-20(3,17)18/h6-10H,4-5H2,1-3H3,(H,13,14). The predicted octanol–water partition coefficient (Wildman–Crippen LogP) is -0.287. The Bertz CT molecular complexity index is 549. The zero-order valence-corrected chi connectivity index (χ0v) is 12.6. The molecule has 0 spiro atoms. The third-order valence-corrected chi connectivity index (χ3v) is 3.51. The number of carbonyl (C=O) groups is 1. The Morgan fingerprint density at radius 2 is 2.10 bits per heavy atom. The Morgan fingerprint density at radius 1 is 1.45 bits per heavy atom. The van der Waals surface area contributed by atoms with Crippen molar-refractivity contribution in [2.45, 2.75) is 25.0 Å². The number of rotatable bonds is 4. The van der Waals surface area contributed by atoms with Gasteiger partial charge < -0.3 is 15.0 Å². The monoisotopic (exact) mass is 301 g/mol. The first-order valence-corrected chi connectivity index (χ1v) is 8.22. The molecule has 2 rings (SSSR count). The van der Waals surface area contributed by atoms with E-state index in [1.165, 1.54) is 4.90 Å². The smallest absolute Gasteiger partial charge is 0.251 e. The Labute approximate surface area is 118 Å². The first-order valence-electron chi connectivity index (χ1n) is 6.37. The molecule has 0 aromatic rings. The molecule has 2 atom stereocenters. The van der Waals surface area contributed by atoms with Crippen molar-refractivity contribution in [1.29, 1.82) is 0 Å². The molecule has 20 heavy (non-hydrogen) atoms. The summed E-state index contributed by atoms with van der Waals surface area (Å²) in [4.78, 5) is 13.7. The van der Waals surface area contributed by atoms with Gasteiger partial charge in [-0.3, -0.25) is 4.79 Å². The van der Waals surface area contributed by atoms with Crippen LogP contribution >= 0.6 is 0 Å². The van der Waals surface area contributed by atoms with Crippen LogP contribution in [0.2, 0.25) is 0 Å². The molecular formula is C12H19N3O4S. The molecule has 1 N–H and O–H groups in total. The van der Waals surface area contributed by atoms with E-state index in [1.54, 1.807) is 26.4 Å². The number of amides is 1. The predicted molar refractivity (Wildman–Crippen MR) is 74.6 cm³/mol. The maximum atomic E-state index is 12.3. The molecule has 2 aliphatic rings. The van der Waals surface area contributed by atoms with E-state index >= 15 is 0 Å². The molecule has 1 amide bonds. The molecule has 0 aromatic heterocycles. The number of ether oxygens (including phenoxy) is 1.